The highest BCUT2D eigenvalue weighted by Gasteiger charge is 2.15. The molecular weight excluding hydrogens is 272 g/mol. The summed E-state index contributed by atoms with van der Waals surface area (Å²) in [4.78, 5) is 11.7. The third kappa shape index (κ3) is 5.02. The van der Waals surface area contributed by atoms with Crippen LogP contribution in [0.5, 0.6) is 17.2 Å². The van der Waals surface area contributed by atoms with E-state index < -0.39 is 11.6 Å². The molecule has 116 valence electrons. The smallest absolute Gasteiger partial charge is 0.331 e. The van der Waals surface area contributed by atoms with Crippen molar-refractivity contribution in [3.8, 4) is 17.2 Å². The van der Waals surface area contributed by atoms with Gasteiger partial charge >= 0.3 is 5.97 Å². The summed E-state index contributed by atoms with van der Waals surface area (Å²) in [5, 5.41) is 0. The highest BCUT2D eigenvalue weighted by atomic mass is 16.6. The molecule has 0 amide bonds. The fourth-order valence-corrected chi connectivity index (χ4v) is 1.70. The van der Waals surface area contributed by atoms with Gasteiger partial charge in [0.05, 0.1) is 21.3 Å². The molecule has 0 fully saturated rings. The van der Waals surface area contributed by atoms with Crippen molar-refractivity contribution in [2.45, 2.75) is 26.4 Å². The van der Waals surface area contributed by atoms with Gasteiger partial charge in [-0.1, -0.05) is 0 Å². The van der Waals surface area contributed by atoms with E-state index in [4.69, 9.17) is 18.9 Å². The van der Waals surface area contributed by atoms with Gasteiger partial charge in [-0.25, -0.2) is 4.79 Å². The Balaban J connectivity index is 3.01. The first kappa shape index (κ1) is 16.9. The molecule has 0 aliphatic heterocycles. The summed E-state index contributed by atoms with van der Waals surface area (Å²) in [6.45, 7) is 5.45. The fourth-order valence-electron chi connectivity index (χ4n) is 1.70. The molecule has 0 N–H and O–H groups in total. The van der Waals surface area contributed by atoms with Crippen LogP contribution in [0.25, 0.3) is 6.08 Å². The first-order chi connectivity index (χ1) is 9.80. The number of esters is 1. The summed E-state index contributed by atoms with van der Waals surface area (Å²) in [5.74, 6) is 1.16. The summed E-state index contributed by atoms with van der Waals surface area (Å²) >= 11 is 0. The van der Waals surface area contributed by atoms with Crippen molar-refractivity contribution >= 4 is 12.0 Å². The molecule has 0 atom stereocenters. The average Bonchev–Trinajstić information content (AvgIpc) is 2.41. The summed E-state index contributed by atoms with van der Waals surface area (Å²) in [6.07, 6.45) is 3.00. The van der Waals surface area contributed by atoms with Crippen LogP contribution in [0.4, 0.5) is 0 Å². The van der Waals surface area contributed by atoms with Gasteiger partial charge in [0.25, 0.3) is 0 Å². The zero-order chi connectivity index (χ0) is 16.0. The molecule has 1 aromatic carbocycles. The Bertz CT molecular complexity index is 501. The quantitative estimate of drug-likeness (QED) is 0.617. The molecule has 0 spiro atoms. The number of carbonyl (C=O) groups excluding carboxylic acids is 1. The molecule has 0 aliphatic carbocycles. The highest BCUT2D eigenvalue weighted by Crippen LogP contribution is 2.38. The zero-order valence-electron chi connectivity index (χ0n) is 13.4. The van der Waals surface area contributed by atoms with E-state index in [1.807, 2.05) is 20.8 Å². The minimum Gasteiger partial charge on any atom is -0.493 e. The largest absolute Gasteiger partial charge is 0.493 e. The van der Waals surface area contributed by atoms with Crippen molar-refractivity contribution in [3.63, 3.8) is 0 Å². The molecule has 0 bridgehead atoms. The van der Waals surface area contributed by atoms with E-state index in [1.54, 1.807) is 32.4 Å². The Labute approximate surface area is 125 Å². The molecule has 1 rings (SSSR count). The van der Waals surface area contributed by atoms with Crippen LogP contribution >= 0.6 is 0 Å². The Morgan fingerprint density at radius 3 is 1.90 bits per heavy atom. The van der Waals surface area contributed by atoms with Gasteiger partial charge in [0.2, 0.25) is 5.75 Å². The summed E-state index contributed by atoms with van der Waals surface area (Å²) < 4.78 is 20.9. The number of hydrogen-bond acceptors (Lipinski definition) is 5. The van der Waals surface area contributed by atoms with Crippen molar-refractivity contribution in [1.82, 2.24) is 0 Å². The normalized spacial score (nSPS) is 11.3. The van der Waals surface area contributed by atoms with E-state index in [9.17, 15) is 4.79 Å². The van der Waals surface area contributed by atoms with Crippen LogP contribution in [0.1, 0.15) is 26.3 Å². The second kappa shape index (κ2) is 7.02. The van der Waals surface area contributed by atoms with Crippen molar-refractivity contribution < 1.29 is 23.7 Å². The molecule has 0 saturated carbocycles. The number of methoxy groups -OCH3 is 3. The van der Waals surface area contributed by atoms with Gasteiger partial charge in [-0.15, -0.1) is 0 Å². The van der Waals surface area contributed by atoms with Crippen LogP contribution in [0.2, 0.25) is 0 Å². The first-order valence-corrected chi connectivity index (χ1v) is 6.51. The van der Waals surface area contributed by atoms with Gasteiger partial charge in [-0.3, -0.25) is 0 Å². The predicted molar refractivity (Wildman–Crippen MR) is 81.0 cm³/mol. The van der Waals surface area contributed by atoms with Crippen LogP contribution in [0, 0.1) is 0 Å². The molecule has 0 aliphatic rings. The Morgan fingerprint density at radius 2 is 1.52 bits per heavy atom. The van der Waals surface area contributed by atoms with Crippen LogP contribution in [-0.2, 0) is 9.53 Å². The zero-order valence-corrected chi connectivity index (χ0v) is 13.4. The van der Waals surface area contributed by atoms with Crippen molar-refractivity contribution in [1.29, 1.82) is 0 Å². The number of hydrogen-bond donors (Lipinski definition) is 0. The van der Waals surface area contributed by atoms with Gasteiger partial charge in [0.15, 0.2) is 11.5 Å². The SMILES string of the molecule is COc1cc(/C=C/C(=O)OC(C)(C)C)cc(OC)c1OC. The maximum Gasteiger partial charge on any atom is 0.331 e. The molecule has 0 heterocycles. The maximum atomic E-state index is 11.7. The molecule has 5 nitrogen and oxygen atoms in total. The molecule has 0 radical (unpaired) electrons. The summed E-state index contributed by atoms with van der Waals surface area (Å²) in [6, 6.07) is 3.50. The molecule has 21 heavy (non-hydrogen) atoms. The third-order valence-electron chi connectivity index (χ3n) is 2.51. The molecule has 5 heteroatoms. The van der Waals surface area contributed by atoms with Gasteiger partial charge in [0.1, 0.15) is 5.60 Å². The molecule has 0 unspecified atom stereocenters. The van der Waals surface area contributed by atoms with Crippen LogP contribution in [-0.4, -0.2) is 32.9 Å². The van der Waals surface area contributed by atoms with Gasteiger partial charge in [0, 0.05) is 6.08 Å². The second-order valence-corrected chi connectivity index (χ2v) is 5.33. The van der Waals surface area contributed by atoms with Crippen molar-refractivity contribution in [2.24, 2.45) is 0 Å². The van der Waals surface area contributed by atoms with Gasteiger partial charge < -0.3 is 18.9 Å². The van der Waals surface area contributed by atoms with E-state index in [0.29, 0.717) is 17.2 Å². The monoisotopic (exact) mass is 294 g/mol. The third-order valence-corrected chi connectivity index (χ3v) is 2.51. The molecule has 0 saturated heterocycles. The maximum absolute atomic E-state index is 11.7. The molecule has 0 aromatic heterocycles. The summed E-state index contributed by atoms with van der Waals surface area (Å²) in [7, 11) is 4.62. The number of benzene rings is 1. The van der Waals surface area contributed by atoms with Crippen molar-refractivity contribution in [2.75, 3.05) is 21.3 Å². The lowest BCUT2D eigenvalue weighted by Gasteiger charge is -2.18. The number of rotatable bonds is 5. The van der Waals surface area contributed by atoms with Gasteiger partial charge in [-0.2, -0.15) is 0 Å². The average molecular weight is 294 g/mol. The Kier molecular flexibility index (Phi) is 5.64. The van der Waals surface area contributed by atoms with Gasteiger partial charge in [-0.05, 0) is 44.5 Å². The minimum atomic E-state index is -0.517. The van der Waals surface area contributed by atoms with Crippen LogP contribution < -0.4 is 14.2 Å². The lowest BCUT2D eigenvalue weighted by atomic mass is 10.1. The summed E-state index contributed by atoms with van der Waals surface area (Å²) in [5.41, 5.74) is 0.229. The number of ether oxygens (including phenoxy) is 4. The van der Waals surface area contributed by atoms with E-state index in [1.165, 1.54) is 13.2 Å². The fraction of sp³-hybridized carbons (Fsp3) is 0.438. The predicted octanol–water partition coefficient (Wildman–Crippen LogP) is 3.07. The van der Waals surface area contributed by atoms with E-state index in [0.717, 1.165) is 5.56 Å². The lowest BCUT2D eigenvalue weighted by Crippen LogP contribution is -2.22. The standard InChI is InChI=1S/C16H22O5/c1-16(2,3)21-14(17)8-7-11-9-12(18-4)15(20-6)13(10-11)19-5/h7-10H,1-6H3/b8-7+. The first-order valence-electron chi connectivity index (χ1n) is 6.51. The number of carbonyl (C=O) groups is 1. The topological polar surface area (TPSA) is 54.0 Å². The van der Waals surface area contributed by atoms with E-state index in [-0.39, 0.29) is 0 Å². The minimum absolute atomic E-state index is 0.406. The Morgan fingerprint density at radius 1 is 1.00 bits per heavy atom. The van der Waals surface area contributed by atoms with Crippen LogP contribution in [0.15, 0.2) is 18.2 Å². The van der Waals surface area contributed by atoms with Crippen LogP contribution in [0.3, 0.4) is 0 Å². The van der Waals surface area contributed by atoms with E-state index in [2.05, 4.69) is 0 Å². The molecule has 1 aromatic rings. The second-order valence-electron chi connectivity index (χ2n) is 5.33. The van der Waals surface area contributed by atoms with Crippen molar-refractivity contribution in [3.05, 3.63) is 23.8 Å². The van der Waals surface area contributed by atoms with E-state index >= 15 is 0 Å². The highest BCUT2D eigenvalue weighted by molar-refractivity contribution is 5.87. The Hall–Kier alpha value is -2.17. The molecular formula is C16H22O5. The lowest BCUT2D eigenvalue weighted by molar-refractivity contribution is -0.148.